The highest BCUT2D eigenvalue weighted by Crippen LogP contribution is 2.39. The molecule has 1 heterocycles. The highest BCUT2D eigenvalue weighted by atomic mass is 16.5. The van der Waals surface area contributed by atoms with Gasteiger partial charge in [-0.05, 0) is 37.5 Å². The topological polar surface area (TPSA) is 51.2 Å². The Morgan fingerprint density at radius 1 is 1.12 bits per heavy atom. The summed E-state index contributed by atoms with van der Waals surface area (Å²) in [6.45, 7) is 2.95. The molecular weight excluding hydrogens is 312 g/mol. The molecule has 4 heteroatoms. The maximum Gasteiger partial charge on any atom is 0.341 e. The number of nitrogens with zero attached hydrogens (tertiary/aromatic N) is 1. The van der Waals surface area contributed by atoms with Crippen LogP contribution >= 0.6 is 0 Å². The quantitative estimate of drug-likeness (QED) is 0.784. The number of carbonyl (C=O) groups is 1. The molecule has 0 radical (unpaired) electrons. The van der Waals surface area contributed by atoms with Crippen LogP contribution < -0.4 is 5.32 Å². The zero-order chi connectivity index (χ0) is 17.5. The average molecular weight is 338 g/mol. The van der Waals surface area contributed by atoms with Crippen LogP contribution in [-0.2, 0) is 10.2 Å². The first-order valence-corrected chi connectivity index (χ1v) is 9.17. The lowest BCUT2D eigenvalue weighted by molar-refractivity contribution is 0.0527. The van der Waals surface area contributed by atoms with Gasteiger partial charge in [-0.15, -0.1) is 0 Å². The molecule has 1 saturated carbocycles. The first-order valence-electron chi connectivity index (χ1n) is 9.17. The fraction of sp³-hybridized carbons (Fsp3) is 0.429. The maximum atomic E-state index is 12.2. The van der Waals surface area contributed by atoms with Gasteiger partial charge in [0.15, 0.2) is 0 Å². The maximum absolute atomic E-state index is 12.2. The van der Waals surface area contributed by atoms with Crippen LogP contribution in [0.15, 0.2) is 48.7 Å². The summed E-state index contributed by atoms with van der Waals surface area (Å²) in [7, 11) is 0. The zero-order valence-electron chi connectivity index (χ0n) is 14.8. The van der Waals surface area contributed by atoms with Crippen molar-refractivity contribution in [3.63, 3.8) is 0 Å². The van der Waals surface area contributed by atoms with Crippen molar-refractivity contribution < 1.29 is 9.53 Å². The standard InChI is InChI=1S/C21H26N2O2/c1-2-25-20(24)18-12-9-15-22-19(18)23-16-21(13-7-4-8-14-21)17-10-5-3-6-11-17/h3,5-6,9-12,15H,2,4,7-8,13-14,16H2,1H3,(H,22,23). The molecule has 0 aliphatic heterocycles. The molecule has 3 rings (SSSR count). The highest BCUT2D eigenvalue weighted by Gasteiger charge is 2.34. The monoisotopic (exact) mass is 338 g/mol. The van der Waals surface area contributed by atoms with Gasteiger partial charge in [-0.2, -0.15) is 0 Å². The van der Waals surface area contributed by atoms with Crippen molar-refractivity contribution in [2.24, 2.45) is 0 Å². The number of rotatable bonds is 6. The van der Waals surface area contributed by atoms with E-state index in [1.54, 1.807) is 18.3 Å². The summed E-state index contributed by atoms with van der Waals surface area (Å²) in [6, 6.07) is 14.3. The Bertz CT molecular complexity index is 694. The van der Waals surface area contributed by atoms with E-state index in [4.69, 9.17) is 4.74 Å². The van der Waals surface area contributed by atoms with Gasteiger partial charge in [0.05, 0.1) is 6.61 Å². The summed E-state index contributed by atoms with van der Waals surface area (Å²) in [6.07, 6.45) is 7.80. The summed E-state index contributed by atoms with van der Waals surface area (Å²) < 4.78 is 5.15. The van der Waals surface area contributed by atoms with E-state index < -0.39 is 0 Å². The zero-order valence-corrected chi connectivity index (χ0v) is 14.8. The molecule has 1 aromatic heterocycles. The lowest BCUT2D eigenvalue weighted by Gasteiger charge is -2.38. The number of anilines is 1. The van der Waals surface area contributed by atoms with E-state index in [-0.39, 0.29) is 11.4 Å². The third kappa shape index (κ3) is 4.01. The first kappa shape index (κ1) is 17.5. The number of esters is 1. The Kier molecular flexibility index (Phi) is 5.69. The van der Waals surface area contributed by atoms with Gasteiger partial charge in [0.25, 0.3) is 0 Å². The SMILES string of the molecule is CCOC(=O)c1cccnc1NCC1(c2ccccc2)CCCCC1. The van der Waals surface area contributed by atoms with E-state index in [1.165, 1.54) is 24.8 Å². The van der Waals surface area contributed by atoms with Crippen LogP contribution in [0.5, 0.6) is 0 Å². The second-order valence-corrected chi connectivity index (χ2v) is 6.68. The Balaban J connectivity index is 1.82. The van der Waals surface area contributed by atoms with Crippen LogP contribution in [0.3, 0.4) is 0 Å². The molecule has 0 unspecified atom stereocenters. The Morgan fingerprint density at radius 2 is 1.88 bits per heavy atom. The molecule has 1 N–H and O–H groups in total. The molecule has 0 atom stereocenters. The van der Waals surface area contributed by atoms with Gasteiger partial charge >= 0.3 is 5.97 Å². The van der Waals surface area contributed by atoms with Gasteiger partial charge in [-0.3, -0.25) is 0 Å². The van der Waals surface area contributed by atoms with E-state index >= 15 is 0 Å². The minimum absolute atomic E-state index is 0.100. The van der Waals surface area contributed by atoms with Gasteiger partial charge < -0.3 is 10.1 Å². The van der Waals surface area contributed by atoms with Crippen LogP contribution in [-0.4, -0.2) is 24.1 Å². The van der Waals surface area contributed by atoms with Crippen molar-refractivity contribution >= 4 is 11.8 Å². The molecule has 0 saturated heterocycles. The molecule has 1 fully saturated rings. The van der Waals surface area contributed by atoms with Crippen LogP contribution in [0.25, 0.3) is 0 Å². The van der Waals surface area contributed by atoms with Gasteiger partial charge in [0, 0.05) is 18.2 Å². The van der Waals surface area contributed by atoms with Gasteiger partial charge in [0.2, 0.25) is 0 Å². The molecule has 2 aromatic rings. The molecule has 4 nitrogen and oxygen atoms in total. The van der Waals surface area contributed by atoms with Crippen LogP contribution in [0.1, 0.15) is 54.9 Å². The summed E-state index contributed by atoms with van der Waals surface area (Å²) in [4.78, 5) is 16.5. The fourth-order valence-corrected chi connectivity index (χ4v) is 3.76. The third-order valence-corrected chi connectivity index (χ3v) is 5.09. The van der Waals surface area contributed by atoms with Crippen molar-refractivity contribution in [3.05, 3.63) is 59.8 Å². The van der Waals surface area contributed by atoms with Gasteiger partial charge in [-0.25, -0.2) is 9.78 Å². The lowest BCUT2D eigenvalue weighted by Crippen LogP contribution is -2.37. The molecule has 0 amide bonds. The molecule has 25 heavy (non-hydrogen) atoms. The number of pyridine rings is 1. The average Bonchev–Trinajstić information content (AvgIpc) is 2.68. The third-order valence-electron chi connectivity index (χ3n) is 5.09. The van der Waals surface area contributed by atoms with Crippen LogP contribution in [0.2, 0.25) is 0 Å². The molecule has 1 aliphatic carbocycles. The summed E-state index contributed by atoms with van der Waals surface area (Å²) in [5.41, 5.74) is 1.97. The summed E-state index contributed by atoms with van der Waals surface area (Å²) in [5, 5.41) is 3.45. The second kappa shape index (κ2) is 8.15. The largest absolute Gasteiger partial charge is 0.462 e. The number of ether oxygens (including phenoxy) is 1. The molecule has 0 spiro atoms. The van der Waals surface area contributed by atoms with Gasteiger partial charge in [0.1, 0.15) is 11.4 Å². The van der Waals surface area contributed by atoms with E-state index in [0.29, 0.717) is 18.0 Å². The predicted molar refractivity (Wildman–Crippen MR) is 99.9 cm³/mol. The van der Waals surface area contributed by atoms with E-state index in [9.17, 15) is 4.79 Å². The number of aromatic nitrogens is 1. The normalized spacial score (nSPS) is 16.2. The Labute approximate surface area is 149 Å². The van der Waals surface area contributed by atoms with Crippen molar-refractivity contribution in [2.45, 2.75) is 44.4 Å². The lowest BCUT2D eigenvalue weighted by atomic mass is 9.69. The minimum Gasteiger partial charge on any atom is -0.462 e. The molecule has 1 aliphatic rings. The Morgan fingerprint density at radius 3 is 2.60 bits per heavy atom. The summed E-state index contributed by atoms with van der Waals surface area (Å²) >= 11 is 0. The number of hydrogen-bond acceptors (Lipinski definition) is 4. The van der Waals surface area contributed by atoms with E-state index in [0.717, 1.165) is 19.4 Å². The number of nitrogens with one attached hydrogen (secondary N) is 1. The van der Waals surface area contributed by atoms with Crippen molar-refractivity contribution in [1.82, 2.24) is 4.98 Å². The molecular formula is C21H26N2O2. The van der Waals surface area contributed by atoms with Crippen molar-refractivity contribution in [3.8, 4) is 0 Å². The number of carbonyl (C=O) groups excluding carboxylic acids is 1. The summed E-state index contributed by atoms with van der Waals surface area (Å²) in [5.74, 6) is 0.289. The first-order chi connectivity index (χ1) is 12.2. The fourth-order valence-electron chi connectivity index (χ4n) is 3.76. The molecule has 0 bridgehead atoms. The highest BCUT2D eigenvalue weighted by molar-refractivity contribution is 5.94. The second-order valence-electron chi connectivity index (χ2n) is 6.68. The van der Waals surface area contributed by atoms with Crippen LogP contribution in [0, 0.1) is 0 Å². The predicted octanol–water partition coefficient (Wildman–Crippen LogP) is 4.57. The number of benzene rings is 1. The Hall–Kier alpha value is -2.36. The van der Waals surface area contributed by atoms with Gasteiger partial charge in [-0.1, -0.05) is 49.6 Å². The van der Waals surface area contributed by atoms with Crippen molar-refractivity contribution in [1.29, 1.82) is 0 Å². The van der Waals surface area contributed by atoms with E-state index in [1.807, 2.05) is 6.92 Å². The molecule has 1 aromatic carbocycles. The van der Waals surface area contributed by atoms with E-state index in [2.05, 4.69) is 40.6 Å². The molecule has 132 valence electrons. The van der Waals surface area contributed by atoms with Crippen LogP contribution in [0.4, 0.5) is 5.82 Å². The smallest absolute Gasteiger partial charge is 0.341 e. The minimum atomic E-state index is -0.324. The van der Waals surface area contributed by atoms with Crippen molar-refractivity contribution in [2.75, 3.05) is 18.5 Å². The number of hydrogen-bond donors (Lipinski definition) is 1.